The number of likely N-dealkylation sites (tertiary alicyclic amines) is 1. The molecule has 1 aliphatic heterocycles. The van der Waals surface area contributed by atoms with Gasteiger partial charge in [0.05, 0.1) is 18.8 Å². The first-order valence-corrected chi connectivity index (χ1v) is 10.7. The number of piperidine rings is 1. The summed E-state index contributed by atoms with van der Waals surface area (Å²) in [6, 6.07) is 4.10. The largest absolute Gasteiger partial charge is 0.468 e. The Labute approximate surface area is 197 Å². The zero-order valence-corrected chi connectivity index (χ0v) is 21.0. The van der Waals surface area contributed by atoms with Gasteiger partial charge in [-0.25, -0.2) is 4.79 Å². The number of hydrogen-bond acceptors (Lipinski definition) is 5. The molecule has 0 radical (unpaired) electrons. The lowest BCUT2D eigenvalue weighted by Crippen LogP contribution is -2.43. The van der Waals surface area contributed by atoms with E-state index in [2.05, 4.69) is 20.9 Å². The summed E-state index contributed by atoms with van der Waals surface area (Å²) in [5.74, 6) is 1.69. The number of carbonyl (C=O) groups is 1. The number of aliphatic imine (C=N–C) groups is 1. The van der Waals surface area contributed by atoms with E-state index in [-0.39, 0.29) is 30.0 Å². The highest BCUT2D eigenvalue weighted by Crippen LogP contribution is 2.25. The second-order valence-corrected chi connectivity index (χ2v) is 8.20. The Morgan fingerprint density at radius 1 is 1.20 bits per heavy atom. The van der Waals surface area contributed by atoms with Gasteiger partial charge in [0.1, 0.15) is 11.4 Å². The van der Waals surface area contributed by atoms with Crippen LogP contribution in [0.1, 0.15) is 58.8 Å². The summed E-state index contributed by atoms with van der Waals surface area (Å²) in [6.45, 7) is 12.1. The van der Waals surface area contributed by atoms with Gasteiger partial charge in [0.2, 0.25) is 0 Å². The Bertz CT molecular complexity index is 625. The lowest BCUT2D eigenvalue weighted by atomic mass is 10.1. The van der Waals surface area contributed by atoms with Crippen molar-refractivity contribution in [2.24, 2.45) is 4.99 Å². The number of nitrogens with zero attached hydrogens (tertiary/aromatic N) is 2. The molecule has 2 rings (SSSR count). The Morgan fingerprint density at radius 3 is 2.50 bits per heavy atom. The van der Waals surface area contributed by atoms with E-state index in [4.69, 9.17) is 14.1 Å². The smallest absolute Gasteiger partial charge is 0.407 e. The van der Waals surface area contributed by atoms with Crippen LogP contribution in [0.2, 0.25) is 0 Å². The molecule has 2 heterocycles. The molecule has 1 saturated heterocycles. The van der Waals surface area contributed by atoms with Crippen LogP contribution >= 0.6 is 24.0 Å². The standard InChI is InChI=1S/C21H37N5O3.HI/c1-5-22-19(23-11-12-24-20(27)29-21(2,3)4)25-16-17(18-10-9-15-28-18)26-13-7-6-8-14-26;/h9-10,15,17H,5-8,11-14,16H2,1-4H3,(H,24,27)(H2,22,23,25);1H. The SMILES string of the molecule is CCNC(=NCC(c1ccco1)N1CCCCC1)NCCNC(=O)OC(C)(C)C.I. The molecule has 1 aliphatic rings. The van der Waals surface area contributed by atoms with Crippen molar-refractivity contribution in [2.75, 3.05) is 39.3 Å². The molecule has 0 aliphatic carbocycles. The molecule has 1 atom stereocenters. The van der Waals surface area contributed by atoms with Gasteiger partial charge in [0.25, 0.3) is 0 Å². The minimum Gasteiger partial charge on any atom is -0.468 e. The predicted octanol–water partition coefficient (Wildman–Crippen LogP) is 3.50. The molecule has 172 valence electrons. The number of rotatable bonds is 8. The van der Waals surface area contributed by atoms with Crippen molar-refractivity contribution in [1.29, 1.82) is 0 Å². The first kappa shape index (κ1) is 26.5. The van der Waals surface area contributed by atoms with Crippen LogP contribution in [0.15, 0.2) is 27.8 Å². The minimum absolute atomic E-state index is 0. The van der Waals surface area contributed by atoms with E-state index in [1.54, 1.807) is 6.26 Å². The number of amides is 1. The Hall–Kier alpha value is -1.49. The highest BCUT2D eigenvalue weighted by atomic mass is 127. The lowest BCUT2D eigenvalue weighted by molar-refractivity contribution is 0.0529. The van der Waals surface area contributed by atoms with Crippen molar-refractivity contribution in [2.45, 2.75) is 58.6 Å². The van der Waals surface area contributed by atoms with Crippen LogP contribution in [-0.4, -0.2) is 61.8 Å². The molecular formula is C21H38IN5O3. The number of furan rings is 1. The van der Waals surface area contributed by atoms with Gasteiger partial charge in [0, 0.05) is 19.6 Å². The highest BCUT2D eigenvalue weighted by Gasteiger charge is 2.24. The van der Waals surface area contributed by atoms with Crippen molar-refractivity contribution >= 4 is 36.0 Å². The lowest BCUT2D eigenvalue weighted by Gasteiger charge is -2.32. The summed E-state index contributed by atoms with van der Waals surface area (Å²) in [6.07, 6.45) is 5.04. The van der Waals surface area contributed by atoms with Crippen molar-refractivity contribution < 1.29 is 13.9 Å². The molecule has 1 amide bonds. The summed E-state index contributed by atoms with van der Waals surface area (Å²) >= 11 is 0. The molecule has 1 fully saturated rings. The molecular weight excluding hydrogens is 497 g/mol. The molecule has 0 saturated carbocycles. The maximum absolute atomic E-state index is 11.7. The van der Waals surface area contributed by atoms with Crippen LogP contribution in [0.5, 0.6) is 0 Å². The summed E-state index contributed by atoms with van der Waals surface area (Å²) in [5, 5.41) is 9.27. The van der Waals surface area contributed by atoms with Gasteiger partial charge in [0.15, 0.2) is 5.96 Å². The highest BCUT2D eigenvalue weighted by molar-refractivity contribution is 14.0. The number of hydrogen-bond donors (Lipinski definition) is 3. The second kappa shape index (κ2) is 13.7. The maximum Gasteiger partial charge on any atom is 0.407 e. The predicted molar refractivity (Wildman–Crippen MR) is 131 cm³/mol. The number of guanidine groups is 1. The third kappa shape index (κ3) is 10.0. The van der Waals surface area contributed by atoms with Crippen molar-refractivity contribution in [3.63, 3.8) is 0 Å². The zero-order valence-electron chi connectivity index (χ0n) is 18.7. The Morgan fingerprint density at radius 2 is 1.90 bits per heavy atom. The van der Waals surface area contributed by atoms with E-state index in [0.29, 0.717) is 19.6 Å². The Kier molecular flexibility index (Phi) is 12.2. The maximum atomic E-state index is 11.7. The molecule has 9 heteroatoms. The van der Waals surface area contributed by atoms with Gasteiger partial charge in [-0.05, 0) is 65.8 Å². The fourth-order valence-corrected chi connectivity index (χ4v) is 3.28. The van der Waals surface area contributed by atoms with Gasteiger partial charge in [-0.15, -0.1) is 24.0 Å². The van der Waals surface area contributed by atoms with E-state index < -0.39 is 11.7 Å². The van der Waals surface area contributed by atoms with E-state index in [1.165, 1.54) is 19.3 Å². The topological polar surface area (TPSA) is 91.1 Å². The van der Waals surface area contributed by atoms with Gasteiger partial charge in [-0.2, -0.15) is 0 Å². The molecule has 30 heavy (non-hydrogen) atoms. The second-order valence-electron chi connectivity index (χ2n) is 8.20. The normalized spacial score (nSPS) is 16.3. The summed E-state index contributed by atoms with van der Waals surface area (Å²) in [4.78, 5) is 19.0. The summed E-state index contributed by atoms with van der Waals surface area (Å²) in [5.41, 5.74) is -0.497. The molecule has 8 nitrogen and oxygen atoms in total. The van der Waals surface area contributed by atoms with Crippen LogP contribution in [0.3, 0.4) is 0 Å². The molecule has 1 aromatic rings. The number of alkyl carbamates (subject to hydrolysis) is 1. The fraction of sp³-hybridized carbons (Fsp3) is 0.714. The average molecular weight is 535 g/mol. The first-order valence-electron chi connectivity index (χ1n) is 10.7. The van der Waals surface area contributed by atoms with E-state index in [9.17, 15) is 4.79 Å². The van der Waals surface area contributed by atoms with Crippen molar-refractivity contribution in [3.8, 4) is 0 Å². The van der Waals surface area contributed by atoms with Crippen molar-refractivity contribution in [1.82, 2.24) is 20.9 Å². The molecule has 0 spiro atoms. The van der Waals surface area contributed by atoms with Crippen LogP contribution < -0.4 is 16.0 Å². The number of ether oxygens (including phenoxy) is 1. The quantitative estimate of drug-likeness (QED) is 0.204. The fourth-order valence-electron chi connectivity index (χ4n) is 3.28. The molecule has 1 aromatic heterocycles. The third-order valence-electron chi connectivity index (χ3n) is 4.56. The van der Waals surface area contributed by atoms with Crippen LogP contribution in [0, 0.1) is 0 Å². The van der Waals surface area contributed by atoms with E-state index in [0.717, 1.165) is 31.4 Å². The molecule has 0 aromatic carbocycles. The van der Waals surface area contributed by atoms with E-state index in [1.807, 2.05) is 39.8 Å². The van der Waals surface area contributed by atoms with Crippen LogP contribution in [0.4, 0.5) is 4.79 Å². The average Bonchev–Trinajstić information content (AvgIpc) is 3.19. The summed E-state index contributed by atoms with van der Waals surface area (Å²) < 4.78 is 10.9. The molecule has 3 N–H and O–H groups in total. The van der Waals surface area contributed by atoms with Gasteiger partial charge < -0.3 is 25.1 Å². The monoisotopic (exact) mass is 535 g/mol. The van der Waals surface area contributed by atoms with E-state index >= 15 is 0 Å². The molecule has 0 bridgehead atoms. The third-order valence-corrected chi connectivity index (χ3v) is 4.56. The minimum atomic E-state index is -0.497. The van der Waals surface area contributed by atoms with Gasteiger partial charge >= 0.3 is 6.09 Å². The number of halogens is 1. The first-order chi connectivity index (χ1) is 13.9. The Balaban J connectivity index is 0.00000450. The van der Waals surface area contributed by atoms with Gasteiger partial charge in [-0.1, -0.05) is 6.42 Å². The molecule has 1 unspecified atom stereocenters. The van der Waals surface area contributed by atoms with Gasteiger partial charge in [-0.3, -0.25) is 9.89 Å². The van der Waals surface area contributed by atoms with Crippen LogP contribution in [-0.2, 0) is 4.74 Å². The van der Waals surface area contributed by atoms with Crippen molar-refractivity contribution in [3.05, 3.63) is 24.2 Å². The van der Waals surface area contributed by atoms with Crippen LogP contribution in [0.25, 0.3) is 0 Å². The number of nitrogens with one attached hydrogen (secondary N) is 3. The zero-order chi connectivity index (χ0) is 21.1. The summed E-state index contributed by atoms with van der Waals surface area (Å²) in [7, 11) is 0. The number of carbonyl (C=O) groups excluding carboxylic acids is 1.